The summed E-state index contributed by atoms with van der Waals surface area (Å²) in [6.07, 6.45) is 34.9. The molecule has 0 spiro atoms. The molecule has 0 amide bonds. The fourth-order valence-electron chi connectivity index (χ4n) is 4.10. The molecule has 194 valence electrons. The fourth-order valence-corrected chi connectivity index (χ4v) is 8.48. The predicted molar refractivity (Wildman–Crippen MR) is 157 cm³/mol. The van der Waals surface area contributed by atoms with Crippen LogP contribution in [0, 0.1) is 0 Å². The molecule has 32 heavy (non-hydrogen) atoms. The Morgan fingerprint density at radius 3 is 0.844 bits per heavy atom. The number of rotatable bonds is 26. The van der Waals surface area contributed by atoms with Crippen LogP contribution in [0.25, 0.3) is 0 Å². The summed E-state index contributed by atoms with van der Waals surface area (Å²) in [5, 5.41) is 0. The van der Waals surface area contributed by atoms with Gasteiger partial charge in [-0.25, -0.2) is 0 Å². The normalized spacial score (nSPS) is 10.9. The summed E-state index contributed by atoms with van der Waals surface area (Å²) in [6, 6.07) is 0. The van der Waals surface area contributed by atoms with Crippen molar-refractivity contribution in [2.45, 2.75) is 184 Å². The molecule has 0 unspecified atom stereocenters. The summed E-state index contributed by atoms with van der Waals surface area (Å²) in [7, 11) is 0. The van der Waals surface area contributed by atoms with E-state index in [0.29, 0.717) is 0 Å². The third-order valence-electron chi connectivity index (χ3n) is 6.43. The standard InChI is InChI=1S/C22H46S.2C4H9.Sn/c1-2-3-4-5-6-7-8-9-10-11-12-13-14-15-16-17-18-19-20-21-22-23;2*1-3-4-2;/h23H,2-22H2,1H3;2*1,3-4H2,2H3;. The van der Waals surface area contributed by atoms with E-state index in [0.717, 1.165) is 5.75 Å². The average molecular weight is 576 g/mol. The van der Waals surface area contributed by atoms with Crippen molar-refractivity contribution >= 4 is 33.8 Å². The molecule has 2 heteroatoms. The quantitative estimate of drug-likeness (QED) is 0.0592. The zero-order chi connectivity index (χ0) is 23.8. The molecule has 0 aliphatic carbocycles. The summed E-state index contributed by atoms with van der Waals surface area (Å²) in [5.41, 5.74) is 0. The van der Waals surface area contributed by atoms with Crippen molar-refractivity contribution in [1.29, 1.82) is 0 Å². The maximum atomic E-state index is 4.26. The van der Waals surface area contributed by atoms with Crippen molar-refractivity contribution in [3.05, 3.63) is 0 Å². The van der Waals surface area contributed by atoms with E-state index in [9.17, 15) is 0 Å². The van der Waals surface area contributed by atoms with Crippen LogP contribution in [0.2, 0.25) is 8.87 Å². The molecule has 0 saturated carbocycles. The van der Waals surface area contributed by atoms with E-state index in [1.807, 2.05) is 0 Å². The summed E-state index contributed by atoms with van der Waals surface area (Å²) >= 11 is 4.41. The van der Waals surface area contributed by atoms with Gasteiger partial charge in [0.25, 0.3) is 0 Å². The Hall–Kier alpha value is 1.15. The molecule has 0 aliphatic heterocycles. The number of unbranched alkanes of at least 4 members (excludes halogenated alkanes) is 21. The molecule has 0 heterocycles. The van der Waals surface area contributed by atoms with Crippen molar-refractivity contribution in [1.82, 2.24) is 0 Å². The first-order chi connectivity index (χ1) is 15.8. The molecule has 0 N–H and O–H groups in total. The molecule has 0 rings (SSSR count). The molecular weight excluding hydrogens is 511 g/mol. The van der Waals surface area contributed by atoms with Crippen LogP contribution in [0.5, 0.6) is 0 Å². The summed E-state index contributed by atoms with van der Waals surface area (Å²) in [5.74, 6) is 1.07. The zero-order valence-electron chi connectivity index (χ0n) is 23.0. The van der Waals surface area contributed by atoms with Gasteiger partial charge in [-0.1, -0.05) is 129 Å². The molecule has 0 aromatic heterocycles. The van der Waals surface area contributed by atoms with E-state index in [2.05, 4.69) is 33.4 Å². The molecule has 0 aliphatic rings. The van der Waals surface area contributed by atoms with Gasteiger partial charge in [0.1, 0.15) is 0 Å². The van der Waals surface area contributed by atoms with Crippen molar-refractivity contribution < 1.29 is 0 Å². The van der Waals surface area contributed by atoms with Gasteiger partial charge in [-0.05, 0) is 12.2 Å². The third kappa shape index (κ3) is 38.4. The molecule has 0 nitrogen and oxygen atoms in total. The van der Waals surface area contributed by atoms with Crippen LogP contribution < -0.4 is 0 Å². The van der Waals surface area contributed by atoms with Gasteiger partial charge < -0.3 is 0 Å². The second-order valence-electron chi connectivity index (χ2n) is 9.90. The van der Waals surface area contributed by atoms with Gasteiger partial charge >= 0.3 is 69.5 Å². The van der Waals surface area contributed by atoms with Crippen molar-refractivity contribution in [2.24, 2.45) is 0 Å². The molecule has 0 fully saturated rings. The first kappa shape index (κ1) is 35.3. The average Bonchev–Trinajstić information content (AvgIpc) is 2.81. The first-order valence-electron chi connectivity index (χ1n) is 15.1. The Labute approximate surface area is 222 Å². The molecule has 0 saturated heterocycles. The fraction of sp³-hybridized carbons (Fsp3) is 1.00. The van der Waals surface area contributed by atoms with Crippen LogP contribution in [0.15, 0.2) is 0 Å². The third-order valence-corrected chi connectivity index (χ3v) is 10.8. The van der Waals surface area contributed by atoms with Crippen molar-refractivity contribution in [2.75, 3.05) is 5.75 Å². The van der Waals surface area contributed by atoms with Gasteiger partial charge in [-0.2, -0.15) is 12.6 Å². The second-order valence-corrected chi connectivity index (χ2v) is 14.6. The maximum absolute atomic E-state index is 4.26. The van der Waals surface area contributed by atoms with Gasteiger partial charge in [0.2, 0.25) is 0 Å². The van der Waals surface area contributed by atoms with E-state index in [1.165, 1.54) is 154 Å². The van der Waals surface area contributed by atoms with Gasteiger partial charge in [0.05, 0.1) is 0 Å². The Balaban J connectivity index is 0. The first-order valence-corrected chi connectivity index (χ1v) is 19.8. The monoisotopic (exact) mass is 576 g/mol. The summed E-state index contributed by atoms with van der Waals surface area (Å²) < 4.78 is 3.25. The van der Waals surface area contributed by atoms with Crippen LogP contribution in [-0.4, -0.2) is 26.9 Å². The Morgan fingerprint density at radius 2 is 0.594 bits per heavy atom. The van der Waals surface area contributed by atoms with Crippen LogP contribution in [-0.2, 0) is 0 Å². The van der Waals surface area contributed by atoms with E-state index in [4.69, 9.17) is 0 Å². The van der Waals surface area contributed by atoms with E-state index in [1.54, 1.807) is 8.87 Å². The van der Waals surface area contributed by atoms with Crippen LogP contribution in [0.4, 0.5) is 0 Å². The molecule has 2 radical (unpaired) electrons. The Morgan fingerprint density at radius 1 is 0.344 bits per heavy atom. The minimum atomic E-state index is 0.149. The number of hydrogen-bond acceptors (Lipinski definition) is 1. The van der Waals surface area contributed by atoms with Crippen LogP contribution >= 0.6 is 12.6 Å². The SMILES string of the molecule is CCCCCCCCCCCCCCCCCCCCCCS.CCC[CH2][Sn][CH2]CCC. The van der Waals surface area contributed by atoms with Gasteiger partial charge in [-0.3, -0.25) is 0 Å². The molecule has 0 bridgehead atoms. The Kier molecular flexibility index (Phi) is 40.5. The van der Waals surface area contributed by atoms with Gasteiger partial charge in [-0.15, -0.1) is 0 Å². The van der Waals surface area contributed by atoms with E-state index < -0.39 is 0 Å². The van der Waals surface area contributed by atoms with Crippen molar-refractivity contribution in [3.63, 3.8) is 0 Å². The summed E-state index contributed by atoms with van der Waals surface area (Å²) in [4.78, 5) is 0. The zero-order valence-corrected chi connectivity index (χ0v) is 26.8. The van der Waals surface area contributed by atoms with Crippen molar-refractivity contribution in [3.8, 4) is 0 Å². The van der Waals surface area contributed by atoms with Crippen LogP contribution in [0.1, 0.15) is 175 Å². The number of thiol groups is 1. The van der Waals surface area contributed by atoms with E-state index in [-0.39, 0.29) is 21.1 Å². The Bertz CT molecular complexity index is 256. The van der Waals surface area contributed by atoms with Gasteiger partial charge in [0.15, 0.2) is 0 Å². The summed E-state index contributed by atoms with van der Waals surface area (Å²) in [6.45, 7) is 6.88. The second kappa shape index (κ2) is 36.7. The van der Waals surface area contributed by atoms with E-state index >= 15 is 0 Å². The predicted octanol–water partition coefficient (Wildman–Crippen LogP) is 11.9. The molecular formula is C30H64SSn. The number of hydrogen-bond donors (Lipinski definition) is 1. The topological polar surface area (TPSA) is 0 Å². The molecule has 0 aromatic carbocycles. The van der Waals surface area contributed by atoms with Gasteiger partial charge in [0, 0.05) is 0 Å². The minimum absolute atomic E-state index is 0.149. The molecule has 0 atom stereocenters. The molecule has 0 aromatic rings. The van der Waals surface area contributed by atoms with Crippen LogP contribution in [0.3, 0.4) is 0 Å².